The smallest absolute Gasteiger partial charge is 0.308 e. The number of ether oxygens (including phenoxy) is 2. The maximum Gasteiger partial charge on any atom is 0.308 e. The van der Waals surface area contributed by atoms with Crippen LogP contribution >= 0.6 is 0 Å². The van der Waals surface area contributed by atoms with Crippen LogP contribution in [-0.4, -0.2) is 78.5 Å². The predicted molar refractivity (Wildman–Crippen MR) is 255 cm³/mol. The normalized spacial score (nSPS) is 12.7. The molecule has 8 heteroatoms. The van der Waals surface area contributed by atoms with E-state index in [9.17, 15) is 9.59 Å². The second-order valence-electron chi connectivity index (χ2n) is 18.6. The predicted octanol–water partition coefficient (Wildman–Crippen LogP) is 14.1. The van der Waals surface area contributed by atoms with E-state index in [2.05, 4.69) is 67.6 Å². The van der Waals surface area contributed by atoms with Gasteiger partial charge >= 0.3 is 11.9 Å². The summed E-state index contributed by atoms with van der Waals surface area (Å²) in [5.41, 5.74) is 1.28. The first kappa shape index (κ1) is 56.1. The van der Waals surface area contributed by atoms with Crippen molar-refractivity contribution in [3.05, 3.63) is 18.0 Å². The molecule has 0 spiro atoms. The van der Waals surface area contributed by atoms with Gasteiger partial charge in [-0.25, -0.2) is 0 Å². The zero-order valence-corrected chi connectivity index (χ0v) is 40.8. The van der Waals surface area contributed by atoms with Gasteiger partial charge in [-0.3, -0.25) is 19.2 Å². The minimum absolute atomic E-state index is 0.0565. The molecule has 0 saturated carbocycles. The summed E-state index contributed by atoms with van der Waals surface area (Å²) in [6.07, 6.45) is 41.8. The summed E-state index contributed by atoms with van der Waals surface area (Å²) in [5.74, 6) is 0.282. The molecule has 0 saturated heterocycles. The molecule has 8 nitrogen and oxygen atoms in total. The van der Waals surface area contributed by atoms with Crippen molar-refractivity contribution in [3.63, 3.8) is 0 Å². The van der Waals surface area contributed by atoms with Crippen LogP contribution in [0.15, 0.2) is 12.4 Å². The molecule has 352 valence electrons. The van der Waals surface area contributed by atoms with Crippen LogP contribution in [0.2, 0.25) is 0 Å². The average molecular weight is 845 g/mol. The van der Waals surface area contributed by atoms with Gasteiger partial charge in [-0.15, -0.1) is 0 Å². The van der Waals surface area contributed by atoms with Crippen molar-refractivity contribution in [2.75, 3.05) is 46.9 Å². The lowest BCUT2D eigenvalue weighted by Crippen LogP contribution is -2.25. The number of aromatic nitrogens is 2. The molecule has 1 aromatic rings. The first-order chi connectivity index (χ1) is 29.3. The number of carbonyl (C=O) groups is 2. The van der Waals surface area contributed by atoms with Crippen LogP contribution < -0.4 is 0 Å². The molecule has 0 fully saturated rings. The fraction of sp³-hybridized carbons (Fsp3) is 0.904. The number of hydrogen-bond acceptors (Lipinski definition) is 7. The number of esters is 2. The second-order valence-corrected chi connectivity index (χ2v) is 18.6. The molecule has 0 N–H and O–H groups in total. The van der Waals surface area contributed by atoms with E-state index in [0.717, 1.165) is 135 Å². The van der Waals surface area contributed by atoms with E-state index in [-0.39, 0.29) is 23.8 Å². The number of carbonyl (C=O) groups excluding carboxylic acids is 2. The van der Waals surface area contributed by atoms with Gasteiger partial charge in [0.2, 0.25) is 0 Å². The third kappa shape index (κ3) is 32.7. The van der Waals surface area contributed by atoms with Gasteiger partial charge in [0.05, 0.1) is 37.8 Å². The van der Waals surface area contributed by atoms with Gasteiger partial charge in [-0.05, 0) is 78.6 Å². The Hall–Kier alpha value is -1.93. The molecule has 2 unspecified atom stereocenters. The van der Waals surface area contributed by atoms with Crippen LogP contribution in [0.4, 0.5) is 0 Å². The lowest BCUT2D eigenvalue weighted by molar-refractivity contribution is -0.150. The number of unbranched alkanes of at least 4 members (excludes halogenated alkanes) is 22. The van der Waals surface area contributed by atoms with Crippen molar-refractivity contribution in [2.45, 2.75) is 246 Å². The molecular formula is C52H100N4O4. The van der Waals surface area contributed by atoms with Crippen molar-refractivity contribution in [2.24, 2.45) is 11.8 Å². The van der Waals surface area contributed by atoms with Crippen LogP contribution in [-0.2, 0) is 32.2 Å². The Morgan fingerprint density at radius 1 is 0.517 bits per heavy atom. The number of nitrogens with zero attached hydrogens (tertiary/aromatic N) is 4. The summed E-state index contributed by atoms with van der Waals surface area (Å²) in [6.45, 7) is 15.1. The highest BCUT2D eigenvalue weighted by molar-refractivity contribution is 5.72. The number of hydrogen-bond donors (Lipinski definition) is 0. The molecule has 0 bridgehead atoms. The molecule has 0 radical (unpaired) electrons. The Balaban J connectivity index is 2.51. The van der Waals surface area contributed by atoms with Gasteiger partial charge in [0, 0.05) is 24.8 Å². The van der Waals surface area contributed by atoms with Gasteiger partial charge in [-0.1, -0.05) is 182 Å². The van der Waals surface area contributed by atoms with Crippen molar-refractivity contribution >= 4 is 11.9 Å². The van der Waals surface area contributed by atoms with E-state index in [0.29, 0.717) is 13.2 Å². The van der Waals surface area contributed by atoms with E-state index in [1.54, 1.807) is 0 Å². The van der Waals surface area contributed by atoms with Crippen LogP contribution in [0, 0.1) is 11.8 Å². The Bertz CT molecular complexity index is 1040. The highest BCUT2D eigenvalue weighted by Crippen LogP contribution is 2.22. The van der Waals surface area contributed by atoms with Gasteiger partial charge < -0.3 is 14.4 Å². The zero-order chi connectivity index (χ0) is 43.7. The largest absolute Gasteiger partial charge is 0.465 e. The van der Waals surface area contributed by atoms with Gasteiger partial charge in [0.15, 0.2) is 0 Å². The Morgan fingerprint density at radius 2 is 0.883 bits per heavy atom. The van der Waals surface area contributed by atoms with Crippen molar-refractivity contribution in [1.29, 1.82) is 0 Å². The highest BCUT2D eigenvalue weighted by Gasteiger charge is 2.20. The van der Waals surface area contributed by atoms with Gasteiger partial charge in [0.25, 0.3) is 0 Å². The maximum atomic E-state index is 13.1. The number of rotatable bonds is 45. The van der Waals surface area contributed by atoms with Gasteiger partial charge in [0.1, 0.15) is 0 Å². The van der Waals surface area contributed by atoms with Crippen molar-refractivity contribution in [3.8, 4) is 0 Å². The summed E-state index contributed by atoms with van der Waals surface area (Å²) >= 11 is 0. The molecule has 0 aliphatic carbocycles. The molecule has 1 heterocycles. The molecular weight excluding hydrogens is 745 g/mol. The van der Waals surface area contributed by atoms with E-state index < -0.39 is 0 Å². The summed E-state index contributed by atoms with van der Waals surface area (Å²) in [7, 11) is 4.21. The van der Waals surface area contributed by atoms with Crippen LogP contribution in [0.1, 0.15) is 239 Å². The van der Waals surface area contributed by atoms with Crippen molar-refractivity contribution in [1.82, 2.24) is 19.6 Å². The quantitative estimate of drug-likeness (QED) is 0.0478. The SMILES string of the molecule is CCCCCCCCC(CCCCCC)C(=O)OCCCCCCN(CCCCCCOC(=O)C(CCCCCC)CCCCCCCC)Cc1cnn(CCN(C)C)c1. The molecule has 0 aromatic carbocycles. The van der Waals surface area contributed by atoms with Gasteiger partial charge in [-0.2, -0.15) is 5.10 Å². The van der Waals surface area contributed by atoms with Crippen LogP contribution in [0.25, 0.3) is 0 Å². The lowest BCUT2D eigenvalue weighted by atomic mass is 9.94. The first-order valence-corrected chi connectivity index (χ1v) is 26.1. The molecule has 1 rings (SSSR count). The molecule has 60 heavy (non-hydrogen) atoms. The standard InChI is InChI=1S/C52H100N4O4/c1-7-11-15-19-21-29-37-49(35-27-17-13-9-3)51(57)59-43-33-25-23-31-39-55(46-48-45-53-56(47-48)42-41-54(5)6)40-32-24-26-34-44-60-52(58)50(36-28-18-14-10-4)38-30-22-20-16-12-8-2/h45,47,49-50H,7-44,46H2,1-6H3. The van der Waals surface area contributed by atoms with E-state index >= 15 is 0 Å². The average Bonchev–Trinajstić information content (AvgIpc) is 3.70. The molecule has 1 aromatic heterocycles. The van der Waals surface area contributed by atoms with Crippen molar-refractivity contribution < 1.29 is 19.1 Å². The number of likely N-dealkylation sites (N-methyl/N-ethyl adjacent to an activating group) is 1. The Kier molecular flexibility index (Phi) is 38.4. The summed E-state index contributed by atoms with van der Waals surface area (Å²) in [4.78, 5) is 31.0. The minimum Gasteiger partial charge on any atom is -0.465 e. The third-order valence-electron chi connectivity index (χ3n) is 12.4. The Morgan fingerprint density at radius 3 is 1.30 bits per heavy atom. The first-order valence-electron chi connectivity index (χ1n) is 26.1. The fourth-order valence-corrected chi connectivity index (χ4v) is 8.34. The molecule has 2 atom stereocenters. The fourth-order valence-electron chi connectivity index (χ4n) is 8.34. The molecule has 0 aliphatic rings. The molecule has 0 amide bonds. The zero-order valence-electron chi connectivity index (χ0n) is 40.8. The maximum absolute atomic E-state index is 13.1. The van der Waals surface area contributed by atoms with E-state index in [1.165, 1.54) is 108 Å². The van der Waals surface area contributed by atoms with Crippen LogP contribution in [0.5, 0.6) is 0 Å². The Labute approximate surface area is 372 Å². The minimum atomic E-state index is 0.0565. The van der Waals surface area contributed by atoms with E-state index in [4.69, 9.17) is 9.47 Å². The second kappa shape index (κ2) is 41.1. The lowest BCUT2D eigenvalue weighted by Gasteiger charge is -2.22. The highest BCUT2D eigenvalue weighted by atomic mass is 16.5. The topological polar surface area (TPSA) is 76.9 Å². The molecule has 0 aliphatic heterocycles. The van der Waals surface area contributed by atoms with Crippen LogP contribution in [0.3, 0.4) is 0 Å². The monoisotopic (exact) mass is 845 g/mol. The summed E-state index contributed by atoms with van der Waals surface area (Å²) in [6, 6.07) is 0. The summed E-state index contributed by atoms with van der Waals surface area (Å²) in [5, 5.41) is 4.65. The summed E-state index contributed by atoms with van der Waals surface area (Å²) < 4.78 is 13.8. The van der Waals surface area contributed by atoms with E-state index in [1.807, 2.05) is 6.20 Å². The third-order valence-corrected chi connectivity index (χ3v) is 12.4.